The van der Waals surface area contributed by atoms with Crippen molar-refractivity contribution in [2.45, 2.75) is 31.2 Å². The first-order valence-corrected chi connectivity index (χ1v) is 8.03. The lowest BCUT2D eigenvalue weighted by Crippen LogP contribution is -2.55. The van der Waals surface area contributed by atoms with Crippen LogP contribution in [0.4, 0.5) is 4.39 Å². The van der Waals surface area contributed by atoms with Crippen LogP contribution < -0.4 is 16.2 Å². The molecule has 7 nitrogen and oxygen atoms in total. The number of carbonyl (C=O) groups is 2. The number of halogens is 2. The molecule has 2 fully saturated rings. The number of benzene rings is 1. The first kappa shape index (κ1) is 17.1. The van der Waals surface area contributed by atoms with E-state index in [1.54, 1.807) is 0 Å². The molecular formula is C15H18ClFN4O3. The predicted molar refractivity (Wildman–Crippen MR) is 84.1 cm³/mol. The highest BCUT2D eigenvalue weighted by Gasteiger charge is 2.53. The second-order valence-electron chi connectivity index (χ2n) is 5.94. The van der Waals surface area contributed by atoms with Crippen molar-refractivity contribution >= 4 is 23.4 Å². The molecule has 24 heavy (non-hydrogen) atoms. The Labute approximate surface area is 143 Å². The van der Waals surface area contributed by atoms with E-state index in [9.17, 15) is 19.1 Å². The smallest absolute Gasteiger partial charge is 0.265 e. The molecule has 0 aromatic heterocycles. The molecule has 9 heteroatoms. The number of hydrogen-bond acceptors (Lipinski definition) is 5. The zero-order chi connectivity index (χ0) is 17.3. The zero-order valence-corrected chi connectivity index (χ0v) is 13.6. The molecule has 0 spiro atoms. The monoisotopic (exact) mass is 356 g/mol. The summed E-state index contributed by atoms with van der Waals surface area (Å²) in [6.45, 7) is 0.961. The Bertz CT molecular complexity index is 648. The molecule has 0 aliphatic carbocycles. The zero-order valence-electron chi connectivity index (χ0n) is 12.8. The van der Waals surface area contributed by atoms with Gasteiger partial charge < -0.3 is 15.3 Å². The van der Waals surface area contributed by atoms with Crippen molar-refractivity contribution in [3.63, 3.8) is 0 Å². The maximum atomic E-state index is 13.3. The summed E-state index contributed by atoms with van der Waals surface area (Å²) in [6, 6.07) is 3.89. The van der Waals surface area contributed by atoms with Gasteiger partial charge in [0.25, 0.3) is 11.8 Å². The Morgan fingerprint density at radius 3 is 2.96 bits per heavy atom. The van der Waals surface area contributed by atoms with E-state index in [1.165, 1.54) is 17.0 Å². The third kappa shape index (κ3) is 3.23. The number of likely N-dealkylation sites (tertiary alicyclic amines) is 1. The van der Waals surface area contributed by atoms with Gasteiger partial charge in [-0.15, -0.1) is 0 Å². The lowest BCUT2D eigenvalue weighted by molar-refractivity contribution is -0.155. The Hall–Kier alpha value is -1.74. The lowest BCUT2D eigenvalue weighted by atomic mass is 10.0. The van der Waals surface area contributed by atoms with Crippen molar-refractivity contribution in [3.8, 4) is 0 Å². The van der Waals surface area contributed by atoms with Gasteiger partial charge in [-0.1, -0.05) is 11.6 Å². The summed E-state index contributed by atoms with van der Waals surface area (Å²) in [5.41, 5.74) is 4.19. The number of hydrazine groups is 1. The van der Waals surface area contributed by atoms with Crippen LogP contribution in [0.25, 0.3) is 0 Å². The normalized spacial score (nSPS) is 26.9. The molecule has 0 bridgehead atoms. The summed E-state index contributed by atoms with van der Waals surface area (Å²) in [4.78, 5) is 26.2. The standard InChI is InChI=1S/C15H18ClFN4O3/c16-10-5-9(6-11(17)7-10)8-18-13(22)15(24)2-4-21(14(15)23)12-1-3-19-20-12/h5-7,12,19-20,24H,1-4,8H2,(H,18,22). The van der Waals surface area contributed by atoms with Gasteiger partial charge >= 0.3 is 0 Å². The van der Waals surface area contributed by atoms with Gasteiger partial charge in [0.05, 0.1) is 6.17 Å². The van der Waals surface area contributed by atoms with Gasteiger partial charge in [-0.25, -0.2) is 9.82 Å². The minimum Gasteiger partial charge on any atom is -0.372 e. The van der Waals surface area contributed by atoms with Gasteiger partial charge in [-0.2, -0.15) is 0 Å². The first-order chi connectivity index (χ1) is 11.4. The molecule has 2 aliphatic rings. The minimum absolute atomic E-state index is 0.0136. The number of hydrogen-bond donors (Lipinski definition) is 4. The van der Waals surface area contributed by atoms with E-state index in [-0.39, 0.29) is 30.7 Å². The van der Waals surface area contributed by atoms with Gasteiger partial charge in [-0.3, -0.25) is 15.0 Å². The van der Waals surface area contributed by atoms with E-state index >= 15 is 0 Å². The lowest BCUT2D eigenvalue weighted by Gasteiger charge is -2.25. The molecule has 3 rings (SSSR count). The fraction of sp³-hybridized carbons (Fsp3) is 0.467. The molecule has 1 aromatic rings. The second-order valence-corrected chi connectivity index (χ2v) is 6.38. The average Bonchev–Trinajstić information content (AvgIpc) is 3.14. The summed E-state index contributed by atoms with van der Waals surface area (Å²) < 4.78 is 13.3. The van der Waals surface area contributed by atoms with E-state index in [1.807, 2.05) is 0 Å². The van der Waals surface area contributed by atoms with E-state index in [2.05, 4.69) is 16.2 Å². The van der Waals surface area contributed by atoms with E-state index in [0.29, 0.717) is 18.5 Å². The number of aliphatic hydroxyl groups is 1. The highest BCUT2D eigenvalue weighted by atomic mass is 35.5. The van der Waals surface area contributed by atoms with Gasteiger partial charge in [-0.05, 0) is 30.2 Å². The molecule has 2 atom stereocenters. The van der Waals surface area contributed by atoms with Crippen LogP contribution in [0.2, 0.25) is 5.02 Å². The Morgan fingerprint density at radius 1 is 1.50 bits per heavy atom. The van der Waals surface area contributed by atoms with Crippen LogP contribution in [-0.2, 0) is 16.1 Å². The Balaban J connectivity index is 1.64. The third-order valence-corrected chi connectivity index (χ3v) is 4.49. The third-order valence-electron chi connectivity index (χ3n) is 4.27. The van der Waals surface area contributed by atoms with Crippen LogP contribution in [0.3, 0.4) is 0 Å². The van der Waals surface area contributed by atoms with Gasteiger partial charge in [0, 0.05) is 31.1 Å². The molecule has 2 unspecified atom stereocenters. The van der Waals surface area contributed by atoms with E-state index in [0.717, 1.165) is 6.07 Å². The maximum absolute atomic E-state index is 13.3. The minimum atomic E-state index is -2.10. The highest BCUT2D eigenvalue weighted by molar-refractivity contribution is 6.30. The molecule has 0 radical (unpaired) electrons. The van der Waals surface area contributed by atoms with Crippen LogP contribution in [0.1, 0.15) is 18.4 Å². The van der Waals surface area contributed by atoms with Crippen LogP contribution in [-0.4, -0.2) is 46.7 Å². The summed E-state index contributed by atoms with van der Waals surface area (Å²) in [7, 11) is 0. The van der Waals surface area contributed by atoms with Crippen LogP contribution in [0.5, 0.6) is 0 Å². The summed E-state index contributed by atoms with van der Waals surface area (Å²) >= 11 is 5.76. The molecule has 0 saturated carbocycles. The highest BCUT2D eigenvalue weighted by Crippen LogP contribution is 2.26. The molecule has 4 N–H and O–H groups in total. The molecule has 130 valence electrons. The van der Waals surface area contributed by atoms with Crippen LogP contribution in [0, 0.1) is 5.82 Å². The van der Waals surface area contributed by atoms with E-state index < -0.39 is 23.2 Å². The van der Waals surface area contributed by atoms with Crippen molar-refractivity contribution in [2.75, 3.05) is 13.1 Å². The van der Waals surface area contributed by atoms with Gasteiger partial charge in [0.1, 0.15) is 5.82 Å². The Kier molecular flexibility index (Phi) is 4.73. The summed E-state index contributed by atoms with van der Waals surface area (Å²) in [5.74, 6) is -1.94. The summed E-state index contributed by atoms with van der Waals surface area (Å²) in [6.07, 6.45) is 0.478. The largest absolute Gasteiger partial charge is 0.372 e. The van der Waals surface area contributed by atoms with E-state index in [4.69, 9.17) is 11.6 Å². The fourth-order valence-electron chi connectivity index (χ4n) is 2.98. The van der Waals surface area contributed by atoms with Crippen molar-refractivity contribution in [2.24, 2.45) is 0 Å². The molecule has 1 aromatic carbocycles. The predicted octanol–water partition coefficient (Wildman–Crippen LogP) is -0.117. The van der Waals surface area contributed by atoms with Gasteiger partial charge in [0.2, 0.25) is 5.60 Å². The first-order valence-electron chi connectivity index (χ1n) is 7.65. The van der Waals surface area contributed by atoms with Crippen molar-refractivity contribution in [1.82, 2.24) is 21.1 Å². The Morgan fingerprint density at radius 2 is 2.29 bits per heavy atom. The fourth-order valence-corrected chi connectivity index (χ4v) is 3.23. The van der Waals surface area contributed by atoms with Crippen molar-refractivity contribution in [3.05, 3.63) is 34.6 Å². The molecule has 2 saturated heterocycles. The quantitative estimate of drug-likeness (QED) is 0.565. The molecular weight excluding hydrogens is 339 g/mol. The van der Waals surface area contributed by atoms with Crippen molar-refractivity contribution in [1.29, 1.82) is 0 Å². The topological polar surface area (TPSA) is 93.7 Å². The number of nitrogens with one attached hydrogen (secondary N) is 3. The number of nitrogens with zero attached hydrogens (tertiary/aromatic N) is 1. The maximum Gasteiger partial charge on any atom is 0.265 e. The average molecular weight is 357 g/mol. The molecule has 2 aliphatic heterocycles. The second kappa shape index (κ2) is 6.64. The van der Waals surface area contributed by atoms with Crippen molar-refractivity contribution < 1.29 is 19.1 Å². The molecule has 2 amide bonds. The van der Waals surface area contributed by atoms with Crippen LogP contribution in [0.15, 0.2) is 18.2 Å². The number of carbonyl (C=O) groups excluding carboxylic acids is 2. The molecule has 2 heterocycles. The van der Waals surface area contributed by atoms with Crippen LogP contribution >= 0.6 is 11.6 Å². The van der Waals surface area contributed by atoms with Gasteiger partial charge in [0.15, 0.2) is 0 Å². The summed E-state index contributed by atoms with van der Waals surface area (Å²) in [5, 5.41) is 13.2. The SMILES string of the molecule is O=C(NCc1cc(F)cc(Cl)c1)C1(O)CCN(C2CCNN2)C1=O. The number of amides is 2. The number of rotatable bonds is 4.